The molecule has 1 fully saturated rings. The van der Waals surface area contributed by atoms with E-state index in [4.69, 9.17) is 12.2 Å². The van der Waals surface area contributed by atoms with Crippen molar-refractivity contribution in [3.63, 3.8) is 0 Å². The average Bonchev–Trinajstić information content (AvgIpc) is 2.81. The minimum atomic E-state index is 0.660. The SMILES string of the molecule is S=c1[nH]nc(N2CCCCCCC2)n1-c1ccccc1. The molecular weight excluding hydrogens is 268 g/mol. The van der Waals surface area contributed by atoms with E-state index in [0.29, 0.717) is 4.77 Å². The first-order valence-corrected chi connectivity index (χ1v) is 7.75. The van der Waals surface area contributed by atoms with Crippen LogP contribution in [-0.2, 0) is 0 Å². The zero-order valence-corrected chi connectivity index (χ0v) is 12.4. The van der Waals surface area contributed by atoms with Gasteiger partial charge >= 0.3 is 0 Å². The van der Waals surface area contributed by atoms with Gasteiger partial charge in [0.25, 0.3) is 0 Å². The Morgan fingerprint density at radius 3 is 2.30 bits per heavy atom. The van der Waals surface area contributed by atoms with Crippen LogP contribution in [0.5, 0.6) is 0 Å². The van der Waals surface area contributed by atoms with Gasteiger partial charge < -0.3 is 4.90 Å². The lowest BCUT2D eigenvalue weighted by molar-refractivity contribution is 0.548. The Morgan fingerprint density at radius 2 is 1.60 bits per heavy atom. The highest BCUT2D eigenvalue weighted by atomic mass is 32.1. The third kappa shape index (κ3) is 2.77. The van der Waals surface area contributed by atoms with Crippen molar-refractivity contribution in [1.29, 1.82) is 0 Å². The molecule has 20 heavy (non-hydrogen) atoms. The van der Waals surface area contributed by atoms with E-state index in [2.05, 4.69) is 27.2 Å². The van der Waals surface area contributed by atoms with E-state index in [1.54, 1.807) is 0 Å². The zero-order chi connectivity index (χ0) is 13.8. The van der Waals surface area contributed by atoms with Crippen molar-refractivity contribution in [3.05, 3.63) is 35.1 Å². The lowest BCUT2D eigenvalue weighted by atomic mass is 10.1. The number of nitrogens with one attached hydrogen (secondary N) is 1. The normalized spacial score (nSPS) is 16.7. The Morgan fingerprint density at radius 1 is 0.950 bits per heavy atom. The number of benzene rings is 1. The van der Waals surface area contributed by atoms with E-state index < -0.39 is 0 Å². The summed E-state index contributed by atoms with van der Waals surface area (Å²) in [6, 6.07) is 10.2. The standard InChI is InChI=1S/C15H20N4S/c20-15-17-16-14(18-11-7-2-1-3-8-12-18)19(15)13-9-5-4-6-10-13/h4-6,9-10H,1-3,7-8,11-12H2,(H,17,20). The summed E-state index contributed by atoms with van der Waals surface area (Å²) in [7, 11) is 0. The van der Waals surface area contributed by atoms with Crippen molar-refractivity contribution in [2.45, 2.75) is 32.1 Å². The number of H-pyrrole nitrogens is 1. The minimum Gasteiger partial charge on any atom is -0.341 e. The highest BCUT2D eigenvalue weighted by Crippen LogP contribution is 2.21. The van der Waals surface area contributed by atoms with Crippen LogP contribution in [0.4, 0.5) is 5.95 Å². The molecule has 0 bridgehead atoms. The van der Waals surface area contributed by atoms with Gasteiger partial charge in [0.2, 0.25) is 10.7 Å². The van der Waals surface area contributed by atoms with Crippen LogP contribution in [0.3, 0.4) is 0 Å². The summed E-state index contributed by atoms with van der Waals surface area (Å²) in [5, 5.41) is 7.40. The van der Waals surface area contributed by atoms with Gasteiger partial charge in [-0.25, -0.2) is 5.10 Å². The summed E-state index contributed by atoms with van der Waals surface area (Å²) in [5.74, 6) is 0.947. The van der Waals surface area contributed by atoms with Gasteiger partial charge in [0.1, 0.15) is 0 Å². The molecule has 5 heteroatoms. The number of para-hydroxylation sites is 1. The largest absolute Gasteiger partial charge is 0.341 e. The Kier molecular flexibility index (Phi) is 4.16. The Hall–Kier alpha value is -1.62. The van der Waals surface area contributed by atoms with Gasteiger partial charge in [0.05, 0.1) is 5.69 Å². The van der Waals surface area contributed by atoms with E-state index in [-0.39, 0.29) is 0 Å². The fraction of sp³-hybridized carbons (Fsp3) is 0.467. The molecule has 0 radical (unpaired) electrons. The van der Waals surface area contributed by atoms with Gasteiger partial charge in [-0.05, 0) is 37.2 Å². The average molecular weight is 288 g/mol. The predicted molar refractivity (Wildman–Crippen MR) is 84.0 cm³/mol. The molecule has 1 aromatic heterocycles. The molecule has 0 unspecified atom stereocenters. The van der Waals surface area contributed by atoms with Gasteiger partial charge in [-0.3, -0.25) is 4.57 Å². The number of anilines is 1. The maximum Gasteiger partial charge on any atom is 0.230 e. The van der Waals surface area contributed by atoms with Gasteiger partial charge in [0.15, 0.2) is 0 Å². The number of hydrogen-bond donors (Lipinski definition) is 1. The van der Waals surface area contributed by atoms with E-state index in [0.717, 1.165) is 24.7 Å². The molecule has 0 atom stereocenters. The number of aromatic nitrogens is 3. The van der Waals surface area contributed by atoms with E-state index in [1.165, 1.54) is 32.1 Å². The van der Waals surface area contributed by atoms with Gasteiger partial charge in [-0.1, -0.05) is 37.5 Å². The lowest BCUT2D eigenvalue weighted by Crippen LogP contribution is -2.29. The zero-order valence-electron chi connectivity index (χ0n) is 11.6. The number of hydrogen-bond acceptors (Lipinski definition) is 3. The fourth-order valence-corrected chi connectivity index (χ4v) is 2.99. The van der Waals surface area contributed by atoms with Crippen molar-refractivity contribution in [1.82, 2.24) is 14.8 Å². The minimum absolute atomic E-state index is 0.660. The van der Waals surface area contributed by atoms with Crippen molar-refractivity contribution < 1.29 is 0 Å². The van der Waals surface area contributed by atoms with Crippen LogP contribution in [-0.4, -0.2) is 27.9 Å². The molecule has 0 aliphatic carbocycles. The molecular formula is C15H20N4S. The predicted octanol–water partition coefficient (Wildman–Crippen LogP) is 3.70. The molecule has 2 aromatic rings. The summed E-state index contributed by atoms with van der Waals surface area (Å²) in [6.45, 7) is 2.12. The molecule has 1 saturated heterocycles. The summed E-state index contributed by atoms with van der Waals surface area (Å²) in [5.41, 5.74) is 1.07. The second-order valence-corrected chi connectivity index (χ2v) is 5.64. The van der Waals surface area contributed by atoms with Crippen molar-refractivity contribution in [3.8, 4) is 5.69 Å². The Bertz CT molecular complexity index is 594. The van der Waals surface area contributed by atoms with Crippen LogP contribution < -0.4 is 4.90 Å². The van der Waals surface area contributed by atoms with Gasteiger partial charge in [-0.2, -0.15) is 0 Å². The van der Waals surface area contributed by atoms with Gasteiger partial charge in [-0.15, -0.1) is 5.10 Å². The van der Waals surface area contributed by atoms with Gasteiger partial charge in [0, 0.05) is 13.1 Å². The summed E-state index contributed by atoms with van der Waals surface area (Å²) >= 11 is 5.40. The molecule has 4 nitrogen and oxygen atoms in total. The quantitative estimate of drug-likeness (QED) is 0.856. The second-order valence-electron chi connectivity index (χ2n) is 5.25. The van der Waals surface area contributed by atoms with Crippen LogP contribution >= 0.6 is 12.2 Å². The molecule has 0 saturated carbocycles. The third-order valence-corrected chi connectivity index (χ3v) is 4.08. The monoisotopic (exact) mass is 288 g/mol. The summed E-state index contributed by atoms with van der Waals surface area (Å²) in [6.07, 6.45) is 6.45. The Labute approximate surface area is 124 Å². The first-order valence-electron chi connectivity index (χ1n) is 7.34. The molecule has 3 rings (SSSR count). The van der Waals surface area contributed by atoms with Crippen molar-refractivity contribution >= 4 is 18.2 Å². The van der Waals surface area contributed by atoms with Crippen molar-refractivity contribution in [2.75, 3.05) is 18.0 Å². The molecule has 106 valence electrons. The molecule has 2 heterocycles. The van der Waals surface area contributed by atoms with Crippen LogP contribution in [0.2, 0.25) is 0 Å². The summed E-state index contributed by atoms with van der Waals surface area (Å²) in [4.78, 5) is 2.36. The Balaban J connectivity index is 1.95. The van der Waals surface area contributed by atoms with Crippen molar-refractivity contribution in [2.24, 2.45) is 0 Å². The first-order chi connectivity index (χ1) is 9.86. The molecule has 1 N–H and O–H groups in total. The van der Waals surface area contributed by atoms with Crippen LogP contribution in [0.25, 0.3) is 5.69 Å². The number of aromatic amines is 1. The molecule has 0 spiro atoms. The maximum absolute atomic E-state index is 5.40. The fourth-order valence-electron chi connectivity index (χ4n) is 2.76. The lowest BCUT2D eigenvalue weighted by Gasteiger charge is -2.25. The number of nitrogens with zero attached hydrogens (tertiary/aromatic N) is 3. The molecule has 0 amide bonds. The maximum atomic E-state index is 5.40. The highest BCUT2D eigenvalue weighted by molar-refractivity contribution is 7.71. The summed E-state index contributed by atoms with van der Waals surface area (Å²) < 4.78 is 2.70. The highest BCUT2D eigenvalue weighted by Gasteiger charge is 2.16. The third-order valence-electron chi connectivity index (χ3n) is 3.81. The second kappa shape index (κ2) is 6.22. The first kappa shape index (κ1) is 13.4. The number of rotatable bonds is 2. The van der Waals surface area contributed by atoms with Crippen LogP contribution in [0, 0.1) is 4.77 Å². The van der Waals surface area contributed by atoms with Crippen LogP contribution in [0.15, 0.2) is 30.3 Å². The van der Waals surface area contributed by atoms with Crippen LogP contribution in [0.1, 0.15) is 32.1 Å². The van der Waals surface area contributed by atoms with E-state index in [1.807, 2.05) is 22.8 Å². The van der Waals surface area contributed by atoms with E-state index >= 15 is 0 Å². The smallest absolute Gasteiger partial charge is 0.230 e. The molecule has 1 aliphatic heterocycles. The molecule has 1 aromatic carbocycles. The topological polar surface area (TPSA) is 36.9 Å². The van der Waals surface area contributed by atoms with E-state index in [9.17, 15) is 0 Å². The molecule has 1 aliphatic rings.